The fourth-order valence-corrected chi connectivity index (χ4v) is 5.09. The number of phenols is 1. The number of piperazine rings is 1. The van der Waals surface area contributed by atoms with E-state index in [-0.39, 0.29) is 12.3 Å². The number of carboxylic acid groups (broad SMARTS) is 1. The molecule has 200 valence electrons. The topological polar surface area (TPSA) is 154 Å². The van der Waals surface area contributed by atoms with Crippen molar-refractivity contribution in [3.8, 4) is 23.1 Å². The largest absolute Gasteiger partial charge is 0.508 e. The van der Waals surface area contributed by atoms with Crippen molar-refractivity contribution in [1.29, 1.82) is 0 Å². The number of rotatable bonds is 6. The third-order valence-electron chi connectivity index (χ3n) is 7.03. The standard InChI is InChI=1S/C27H24N10O3/c38-18-7-5-17(6-8-18)34-11-13-35(14-12-34)27-31-25-23(30-16-36(25)15-21(39)40)26(32-27)37-20-4-2-1-3-19(20)22(33-37)24-28-9-10-29-24/h1-10,16,38H,11-15H2,(H,28,29)(H,39,40). The van der Waals surface area contributed by atoms with Gasteiger partial charge in [0.15, 0.2) is 22.8 Å². The summed E-state index contributed by atoms with van der Waals surface area (Å²) in [5.41, 5.74) is 3.38. The number of hydrogen-bond acceptors (Lipinski definition) is 9. The van der Waals surface area contributed by atoms with Gasteiger partial charge in [0.2, 0.25) is 5.95 Å². The zero-order chi connectivity index (χ0) is 27.2. The maximum Gasteiger partial charge on any atom is 0.323 e. The Hall–Kier alpha value is -5.46. The average molecular weight is 537 g/mol. The molecule has 40 heavy (non-hydrogen) atoms. The van der Waals surface area contributed by atoms with Crippen molar-refractivity contribution >= 4 is 39.7 Å². The molecule has 1 fully saturated rings. The van der Waals surface area contributed by atoms with Crippen LogP contribution in [0.1, 0.15) is 0 Å². The molecule has 1 aliphatic rings. The van der Waals surface area contributed by atoms with E-state index in [2.05, 4.69) is 24.8 Å². The fourth-order valence-electron chi connectivity index (χ4n) is 5.09. The van der Waals surface area contributed by atoms with Gasteiger partial charge in [0.05, 0.1) is 11.8 Å². The number of fused-ring (bicyclic) bond motifs is 2. The molecule has 13 nitrogen and oxygen atoms in total. The van der Waals surface area contributed by atoms with Crippen LogP contribution >= 0.6 is 0 Å². The number of nitrogens with one attached hydrogen (secondary N) is 1. The number of phenolic OH excluding ortho intramolecular Hbond substituents is 1. The minimum atomic E-state index is -0.992. The highest BCUT2D eigenvalue weighted by atomic mass is 16.4. The molecule has 0 unspecified atom stereocenters. The second-order valence-corrected chi connectivity index (χ2v) is 9.49. The van der Waals surface area contributed by atoms with Gasteiger partial charge in [-0.15, -0.1) is 0 Å². The number of imidazole rings is 2. The lowest BCUT2D eigenvalue weighted by Gasteiger charge is -2.36. The van der Waals surface area contributed by atoms with Crippen molar-refractivity contribution in [1.82, 2.24) is 39.3 Å². The normalized spacial score (nSPS) is 13.9. The van der Waals surface area contributed by atoms with Gasteiger partial charge in [-0.1, -0.05) is 18.2 Å². The van der Waals surface area contributed by atoms with Crippen molar-refractivity contribution < 1.29 is 15.0 Å². The number of carbonyl (C=O) groups is 1. The fraction of sp³-hybridized carbons (Fsp3) is 0.185. The summed E-state index contributed by atoms with van der Waals surface area (Å²) >= 11 is 0. The smallest absolute Gasteiger partial charge is 0.323 e. The zero-order valence-corrected chi connectivity index (χ0v) is 21.2. The van der Waals surface area contributed by atoms with Crippen LogP contribution in [0.15, 0.2) is 67.3 Å². The molecule has 5 heterocycles. The number of H-pyrrole nitrogens is 1. The van der Waals surface area contributed by atoms with Crippen LogP contribution in [0.25, 0.3) is 39.4 Å². The number of carboxylic acids is 1. The zero-order valence-electron chi connectivity index (χ0n) is 21.2. The molecular formula is C27H24N10O3. The second-order valence-electron chi connectivity index (χ2n) is 9.49. The Morgan fingerprint density at radius 1 is 0.950 bits per heavy atom. The quantitative estimate of drug-likeness (QED) is 0.289. The molecule has 0 amide bonds. The minimum absolute atomic E-state index is 0.232. The van der Waals surface area contributed by atoms with E-state index in [0.29, 0.717) is 47.5 Å². The summed E-state index contributed by atoms with van der Waals surface area (Å²) < 4.78 is 3.24. The summed E-state index contributed by atoms with van der Waals surface area (Å²) in [6, 6.07) is 15.0. The molecule has 1 aliphatic heterocycles. The van der Waals surface area contributed by atoms with Gasteiger partial charge in [-0.2, -0.15) is 15.1 Å². The van der Waals surface area contributed by atoms with Crippen LogP contribution in [0.3, 0.4) is 0 Å². The number of anilines is 2. The maximum absolute atomic E-state index is 11.6. The van der Waals surface area contributed by atoms with Crippen molar-refractivity contribution in [2.24, 2.45) is 0 Å². The van der Waals surface area contributed by atoms with Crippen LogP contribution in [0, 0.1) is 0 Å². The third-order valence-corrected chi connectivity index (χ3v) is 7.03. The number of hydrogen-bond donors (Lipinski definition) is 3. The van der Waals surface area contributed by atoms with E-state index in [4.69, 9.17) is 15.1 Å². The predicted molar refractivity (Wildman–Crippen MR) is 148 cm³/mol. The molecule has 0 atom stereocenters. The number of aromatic amines is 1. The molecule has 2 aromatic carbocycles. The summed E-state index contributed by atoms with van der Waals surface area (Å²) in [6.45, 7) is 2.47. The Labute approximate surface area is 227 Å². The third kappa shape index (κ3) is 4.04. The van der Waals surface area contributed by atoms with E-state index < -0.39 is 5.97 Å². The lowest BCUT2D eigenvalue weighted by Crippen LogP contribution is -2.47. The van der Waals surface area contributed by atoms with Crippen molar-refractivity contribution in [2.75, 3.05) is 36.0 Å². The Bertz CT molecular complexity index is 1830. The van der Waals surface area contributed by atoms with E-state index in [0.717, 1.165) is 29.7 Å². The molecule has 0 aliphatic carbocycles. The minimum Gasteiger partial charge on any atom is -0.508 e. The van der Waals surface area contributed by atoms with Crippen LogP contribution in [0.2, 0.25) is 0 Å². The van der Waals surface area contributed by atoms with Gasteiger partial charge < -0.3 is 29.6 Å². The highest BCUT2D eigenvalue weighted by Crippen LogP contribution is 2.31. The Morgan fingerprint density at radius 3 is 2.48 bits per heavy atom. The molecule has 1 saturated heterocycles. The highest BCUT2D eigenvalue weighted by molar-refractivity contribution is 5.94. The monoisotopic (exact) mass is 536 g/mol. The van der Waals surface area contributed by atoms with Crippen LogP contribution in [-0.4, -0.2) is 81.6 Å². The van der Waals surface area contributed by atoms with E-state index in [1.165, 1.54) is 10.9 Å². The first-order valence-corrected chi connectivity index (χ1v) is 12.8. The summed E-state index contributed by atoms with van der Waals surface area (Å²) in [5, 5.41) is 24.9. The van der Waals surface area contributed by atoms with Crippen molar-refractivity contribution in [3.05, 3.63) is 67.3 Å². The molecular weight excluding hydrogens is 512 g/mol. The summed E-state index contributed by atoms with van der Waals surface area (Å²) in [7, 11) is 0. The van der Waals surface area contributed by atoms with Gasteiger partial charge >= 0.3 is 5.97 Å². The van der Waals surface area contributed by atoms with Gasteiger partial charge in [0.1, 0.15) is 18.0 Å². The molecule has 7 rings (SSSR count). The van der Waals surface area contributed by atoms with E-state index >= 15 is 0 Å². The molecule has 13 heteroatoms. The molecule has 6 aromatic rings. The van der Waals surface area contributed by atoms with Crippen molar-refractivity contribution in [3.63, 3.8) is 0 Å². The predicted octanol–water partition coefficient (Wildman–Crippen LogP) is 2.67. The van der Waals surface area contributed by atoms with E-state index in [1.54, 1.807) is 29.2 Å². The number of aromatic nitrogens is 8. The number of benzene rings is 2. The van der Waals surface area contributed by atoms with Crippen LogP contribution in [0.4, 0.5) is 11.6 Å². The van der Waals surface area contributed by atoms with Gasteiger partial charge in [-0.25, -0.2) is 14.6 Å². The molecule has 0 radical (unpaired) electrons. The lowest BCUT2D eigenvalue weighted by molar-refractivity contribution is -0.137. The molecule has 0 bridgehead atoms. The van der Waals surface area contributed by atoms with Crippen molar-refractivity contribution in [2.45, 2.75) is 6.54 Å². The first-order chi connectivity index (χ1) is 19.5. The summed E-state index contributed by atoms with van der Waals surface area (Å²) in [6.07, 6.45) is 4.90. The van der Waals surface area contributed by atoms with Gasteiger partial charge in [0.25, 0.3) is 0 Å². The van der Waals surface area contributed by atoms with Gasteiger partial charge in [-0.3, -0.25) is 4.79 Å². The van der Waals surface area contributed by atoms with E-state index in [1.807, 2.05) is 36.4 Å². The second kappa shape index (κ2) is 9.38. The summed E-state index contributed by atoms with van der Waals surface area (Å²) in [4.78, 5) is 37.7. The van der Waals surface area contributed by atoms with E-state index in [9.17, 15) is 15.0 Å². The van der Waals surface area contributed by atoms with Crippen LogP contribution in [-0.2, 0) is 11.3 Å². The average Bonchev–Trinajstić information content (AvgIpc) is 3.72. The molecule has 3 N–H and O–H groups in total. The SMILES string of the molecule is O=C(O)Cn1cnc2c(-n3nc(-c4ncc[nH]4)c4ccccc43)nc(N3CCN(c4ccc(O)cc4)CC3)nc21. The number of nitrogens with zero attached hydrogens (tertiary/aromatic N) is 9. The van der Waals surface area contributed by atoms with Crippen LogP contribution in [0.5, 0.6) is 5.75 Å². The number of aromatic hydroxyl groups is 1. The molecule has 0 saturated carbocycles. The highest BCUT2D eigenvalue weighted by Gasteiger charge is 2.25. The van der Waals surface area contributed by atoms with Gasteiger partial charge in [-0.05, 0) is 30.3 Å². The van der Waals surface area contributed by atoms with Gasteiger partial charge in [0, 0.05) is 49.6 Å². The van der Waals surface area contributed by atoms with Crippen LogP contribution < -0.4 is 9.80 Å². The number of aliphatic carboxylic acids is 1. The summed E-state index contributed by atoms with van der Waals surface area (Å²) in [5.74, 6) is 0.796. The molecule has 4 aromatic heterocycles. The maximum atomic E-state index is 11.6. The first-order valence-electron chi connectivity index (χ1n) is 12.8. The Kier molecular flexibility index (Phi) is 5.54. The Morgan fingerprint density at radius 2 is 1.73 bits per heavy atom. The first kappa shape index (κ1) is 23.6. The lowest BCUT2D eigenvalue weighted by atomic mass is 10.2. The Balaban J connectivity index is 1.33. The molecule has 0 spiro atoms. The number of para-hydroxylation sites is 1.